The Morgan fingerprint density at radius 1 is 1.15 bits per heavy atom. The van der Waals surface area contributed by atoms with E-state index >= 15 is 0 Å². The Labute approximate surface area is 173 Å². The predicted octanol–water partition coefficient (Wildman–Crippen LogP) is 4.71. The number of carbonyl (C=O) groups is 1. The van der Waals surface area contributed by atoms with Crippen LogP contribution in [-0.4, -0.2) is 35.5 Å². The van der Waals surface area contributed by atoms with Crippen molar-refractivity contribution in [2.45, 2.75) is 4.90 Å². The molecule has 1 N–H and O–H groups in total. The summed E-state index contributed by atoms with van der Waals surface area (Å²) >= 11 is 15.5. The number of hydrogen-bond acceptors (Lipinski definition) is 4. The molecule has 0 unspecified atom stereocenters. The van der Waals surface area contributed by atoms with Crippen LogP contribution in [0, 0.1) is 0 Å². The van der Waals surface area contributed by atoms with Gasteiger partial charge in [-0.3, -0.25) is 0 Å². The number of aromatic carboxylic acids is 1. The lowest BCUT2D eigenvalue weighted by molar-refractivity contribution is 0.0686. The number of carboxylic acids is 1. The third-order valence-corrected chi connectivity index (χ3v) is 5.85. The summed E-state index contributed by atoms with van der Waals surface area (Å²) in [6, 6.07) is 11.2. The van der Waals surface area contributed by atoms with E-state index in [2.05, 4.69) is 21.0 Å². The molecule has 0 saturated carbocycles. The normalized spacial score (nSPS) is 11.6. The molecule has 0 fully saturated rings. The van der Waals surface area contributed by atoms with Gasteiger partial charge in [0.1, 0.15) is 4.90 Å². The molecule has 0 aliphatic carbocycles. The third-order valence-electron chi connectivity index (χ3n) is 3.67. The van der Waals surface area contributed by atoms with Crippen LogP contribution in [0.15, 0.2) is 51.8 Å². The quantitative estimate of drug-likeness (QED) is 0.573. The topological polar surface area (TPSA) is 89.3 Å². The molecule has 0 aliphatic rings. The molecule has 0 spiro atoms. The zero-order valence-corrected chi connectivity index (χ0v) is 17.6. The van der Waals surface area contributed by atoms with Gasteiger partial charge in [-0.1, -0.05) is 51.3 Å². The second kappa shape index (κ2) is 7.27. The lowest BCUT2D eigenvalue weighted by atomic mass is 10.1. The maximum Gasteiger partial charge on any atom is 0.357 e. The smallest absolute Gasteiger partial charge is 0.357 e. The van der Waals surface area contributed by atoms with Crippen LogP contribution in [0.3, 0.4) is 0 Å². The van der Waals surface area contributed by atoms with Crippen molar-refractivity contribution in [2.75, 3.05) is 6.26 Å². The summed E-state index contributed by atoms with van der Waals surface area (Å²) in [5.74, 6) is -1.46. The van der Waals surface area contributed by atoms with Crippen LogP contribution in [0.5, 0.6) is 0 Å². The zero-order valence-electron chi connectivity index (χ0n) is 13.6. The van der Waals surface area contributed by atoms with Crippen molar-refractivity contribution in [3.63, 3.8) is 0 Å². The predicted molar refractivity (Wildman–Crippen MR) is 107 cm³/mol. The van der Waals surface area contributed by atoms with Gasteiger partial charge in [0.05, 0.1) is 16.4 Å². The number of rotatable bonds is 4. The molecule has 0 amide bonds. The SMILES string of the molecule is CS(=O)(=O)c1c(C(=O)O)nn(-c2ccc(Br)cc2Cl)c1-c1ccc(Cl)cc1. The first-order chi connectivity index (χ1) is 12.6. The van der Waals surface area contributed by atoms with Gasteiger partial charge in [0.25, 0.3) is 0 Å². The molecule has 10 heteroatoms. The van der Waals surface area contributed by atoms with Gasteiger partial charge >= 0.3 is 5.97 Å². The van der Waals surface area contributed by atoms with E-state index in [1.54, 1.807) is 42.5 Å². The highest BCUT2D eigenvalue weighted by molar-refractivity contribution is 9.10. The Hall–Kier alpha value is -1.87. The molecule has 0 bridgehead atoms. The van der Waals surface area contributed by atoms with Crippen LogP contribution in [0.25, 0.3) is 16.9 Å². The molecule has 6 nitrogen and oxygen atoms in total. The summed E-state index contributed by atoms with van der Waals surface area (Å²) in [5, 5.41) is 14.3. The second-order valence-electron chi connectivity index (χ2n) is 5.62. The van der Waals surface area contributed by atoms with Crippen molar-refractivity contribution in [1.29, 1.82) is 0 Å². The number of halogens is 3. The van der Waals surface area contributed by atoms with E-state index in [9.17, 15) is 18.3 Å². The van der Waals surface area contributed by atoms with E-state index in [1.165, 1.54) is 4.68 Å². The van der Waals surface area contributed by atoms with Gasteiger partial charge in [0.2, 0.25) is 0 Å². The second-order valence-corrected chi connectivity index (χ2v) is 9.33. The van der Waals surface area contributed by atoms with E-state index < -0.39 is 26.4 Å². The lowest BCUT2D eigenvalue weighted by Crippen LogP contribution is -2.07. The van der Waals surface area contributed by atoms with Crippen molar-refractivity contribution in [3.05, 3.63) is 62.7 Å². The van der Waals surface area contributed by atoms with Crippen LogP contribution in [0.1, 0.15) is 10.5 Å². The first kappa shape index (κ1) is 19.9. The van der Waals surface area contributed by atoms with E-state index in [0.29, 0.717) is 20.7 Å². The van der Waals surface area contributed by atoms with Gasteiger partial charge in [-0.15, -0.1) is 0 Å². The largest absolute Gasteiger partial charge is 0.476 e. The van der Waals surface area contributed by atoms with Crippen LogP contribution in [-0.2, 0) is 9.84 Å². The maximum atomic E-state index is 12.4. The third kappa shape index (κ3) is 3.89. The Morgan fingerprint density at radius 3 is 2.30 bits per heavy atom. The minimum Gasteiger partial charge on any atom is -0.476 e. The fraction of sp³-hybridized carbons (Fsp3) is 0.0588. The summed E-state index contributed by atoms with van der Waals surface area (Å²) < 4.78 is 26.8. The van der Waals surface area contributed by atoms with E-state index in [4.69, 9.17) is 23.2 Å². The number of aromatic nitrogens is 2. The summed E-state index contributed by atoms with van der Waals surface area (Å²) in [6.07, 6.45) is 0.934. The van der Waals surface area contributed by atoms with Crippen molar-refractivity contribution in [1.82, 2.24) is 9.78 Å². The summed E-state index contributed by atoms with van der Waals surface area (Å²) in [6.45, 7) is 0. The molecule has 1 heterocycles. The minimum absolute atomic E-state index is 0.0933. The van der Waals surface area contributed by atoms with Crippen LogP contribution in [0.2, 0.25) is 10.0 Å². The highest BCUT2D eigenvalue weighted by Crippen LogP contribution is 2.35. The molecular formula is C17H11BrCl2N2O4S. The number of carboxylic acid groups (broad SMARTS) is 1. The standard InChI is InChI=1S/C17H11BrCl2N2O4S/c1-27(25,26)16-14(17(23)24)21-22(13-7-4-10(18)8-12(13)20)15(16)9-2-5-11(19)6-3-9/h2-8H,1H3,(H,23,24). The van der Waals surface area contributed by atoms with E-state index in [0.717, 1.165) is 6.26 Å². The highest BCUT2D eigenvalue weighted by Gasteiger charge is 2.31. The van der Waals surface area contributed by atoms with Gasteiger partial charge in [-0.25, -0.2) is 17.9 Å². The van der Waals surface area contributed by atoms with Crippen molar-refractivity contribution in [3.8, 4) is 16.9 Å². The van der Waals surface area contributed by atoms with Crippen molar-refractivity contribution < 1.29 is 18.3 Å². The number of hydrogen-bond donors (Lipinski definition) is 1. The van der Waals surface area contributed by atoms with Gasteiger partial charge in [-0.2, -0.15) is 5.10 Å². The van der Waals surface area contributed by atoms with Gasteiger partial charge in [0.15, 0.2) is 15.5 Å². The molecule has 3 aromatic rings. The van der Waals surface area contributed by atoms with Crippen LogP contribution < -0.4 is 0 Å². The number of nitrogens with zero attached hydrogens (tertiary/aromatic N) is 2. The highest BCUT2D eigenvalue weighted by atomic mass is 79.9. The lowest BCUT2D eigenvalue weighted by Gasteiger charge is -2.11. The Kier molecular flexibility index (Phi) is 5.36. The monoisotopic (exact) mass is 488 g/mol. The average molecular weight is 490 g/mol. The van der Waals surface area contributed by atoms with Crippen LogP contribution in [0.4, 0.5) is 0 Å². The fourth-order valence-electron chi connectivity index (χ4n) is 2.58. The van der Waals surface area contributed by atoms with E-state index in [1.807, 2.05) is 0 Å². The maximum absolute atomic E-state index is 12.4. The number of sulfone groups is 1. The fourth-order valence-corrected chi connectivity index (χ4v) is 4.50. The molecule has 27 heavy (non-hydrogen) atoms. The van der Waals surface area contributed by atoms with Crippen LogP contribution >= 0.6 is 39.1 Å². The summed E-state index contributed by atoms with van der Waals surface area (Å²) in [4.78, 5) is 11.3. The Bertz CT molecular complexity index is 1160. The van der Waals surface area contributed by atoms with Crippen molar-refractivity contribution >= 4 is 54.9 Å². The Morgan fingerprint density at radius 2 is 1.78 bits per heavy atom. The van der Waals surface area contributed by atoms with Gasteiger partial charge < -0.3 is 5.11 Å². The Balaban J connectivity index is 2.46. The molecule has 1 aromatic heterocycles. The number of benzene rings is 2. The first-order valence-electron chi connectivity index (χ1n) is 7.37. The van der Waals surface area contributed by atoms with E-state index in [-0.39, 0.29) is 10.7 Å². The first-order valence-corrected chi connectivity index (χ1v) is 10.8. The zero-order chi connectivity index (χ0) is 19.9. The molecule has 140 valence electrons. The van der Waals surface area contributed by atoms with Gasteiger partial charge in [-0.05, 0) is 30.3 Å². The molecule has 0 aliphatic heterocycles. The molecule has 0 atom stereocenters. The summed E-state index contributed by atoms with van der Waals surface area (Å²) in [5.41, 5.74) is 0.276. The average Bonchev–Trinajstić information content (AvgIpc) is 2.96. The molecule has 2 aromatic carbocycles. The summed E-state index contributed by atoms with van der Waals surface area (Å²) in [7, 11) is -3.93. The molecule has 3 rings (SSSR count). The molecular weight excluding hydrogens is 479 g/mol. The van der Waals surface area contributed by atoms with Gasteiger partial charge in [0, 0.05) is 21.3 Å². The molecule has 0 radical (unpaired) electrons. The molecule has 0 saturated heterocycles. The minimum atomic E-state index is -3.93. The van der Waals surface area contributed by atoms with Crippen molar-refractivity contribution in [2.24, 2.45) is 0 Å².